The second kappa shape index (κ2) is 15.2. The van der Waals surface area contributed by atoms with Crippen molar-refractivity contribution in [2.75, 3.05) is 62.8 Å². The minimum absolute atomic E-state index is 0.0373. The Labute approximate surface area is 256 Å². The maximum atomic E-state index is 14.2. The smallest absolute Gasteiger partial charge is 0.417 e. The number of fused-ring (bicyclic) bond motifs is 1. The van der Waals surface area contributed by atoms with Crippen molar-refractivity contribution in [1.29, 1.82) is 0 Å². The van der Waals surface area contributed by atoms with Crippen LogP contribution in [0.2, 0.25) is 0 Å². The number of anilines is 2. The lowest BCUT2D eigenvalue weighted by Crippen LogP contribution is -2.39. The molecule has 3 aromatic heterocycles. The van der Waals surface area contributed by atoms with E-state index in [-0.39, 0.29) is 36.3 Å². The molecule has 0 unspecified atom stereocenters. The van der Waals surface area contributed by atoms with E-state index in [9.17, 15) is 27.6 Å². The molecule has 14 nitrogen and oxygen atoms in total. The summed E-state index contributed by atoms with van der Waals surface area (Å²) in [5.74, 6) is 3.71. The Hall–Kier alpha value is -4.95. The van der Waals surface area contributed by atoms with Gasteiger partial charge in [-0.25, -0.2) is 19.3 Å². The lowest BCUT2D eigenvalue weighted by Gasteiger charge is -2.28. The number of ether oxygens (including phenoxy) is 2. The van der Waals surface area contributed by atoms with E-state index in [4.69, 9.17) is 9.47 Å². The molecule has 0 spiro atoms. The van der Waals surface area contributed by atoms with Gasteiger partial charge in [-0.05, 0) is 37.5 Å². The van der Waals surface area contributed by atoms with Crippen molar-refractivity contribution in [1.82, 2.24) is 35.5 Å². The van der Waals surface area contributed by atoms with E-state index in [2.05, 4.69) is 48.2 Å². The second-order valence-corrected chi connectivity index (χ2v) is 9.58. The molecule has 1 fully saturated rings. The van der Waals surface area contributed by atoms with E-state index < -0.39 is 23.7 Å². The molecule has 17 heteroatoms. The number of nitrogens with zero attached hydrogens (tertiary/aromatic N) is 5. The van der Waals surface area contributed by atoms with Gasteiger partial charge in [0.25, 0.3) is 5.91 Å². The number of halogens is 3. The Morgan fingerprint density at radius 2 is 1.91 bits per heavy atom. The Bertz CT molecular complexity index is 1590. The maximum Gasteiger partial charge on any atom is 0.417 e. The zero-order chi connectivity index (χ0) is 32.4. The van der Waals surface area contributed by atoms with Gasteiger partial charge in [-0.1, -0.05) is 5.92 Å². The van der Waals surface area contributed by atoms with Gasteiger partial charge in [-0.2, -0.15) is 13.2 Å². The van der Waals surface area contributed by atoms with Crippen LogP contribution in [0.4, 0.5) is 29.6 Å². The third kappa shape index (κ3) is 9.03. The number of morpholine rings is 1. The molecule has 240 valence electrons. The fraction of sp³-hybridized carbons (Fsp3) is 0.429. The van der Waals surface area contributed by atoms with Crippen LogP contribution in [0.15, 0.2) is 24.5 Å². The summed E-state index contributed by atoms with van der Waals surface area (Å²) in [6.07, 6.45) is -3.09. The van der Waals surface area contributed by atoms with E-state index in [1.165, 1.54) is 11.4 Å². The van der Waals surface area contributed by atoms with Gasteiger partial charge in [-0.15, -0.1) is 5.10 Å². The molecule has 0 aliphatic carbocycles. The van der Waals surface area contributed by atoms with Crippen molar-refractivity contribution in [2.45, 2.75) is 26.6 Å². The van der Waals surface area contributed by atoms with Gasteiger partial charge in [0.15, 0.2) is 11.6 Å². The number of aromatic nitrogens is 4. The quantitative estimate of drug-likeness (QED) is 0.180. The lowest BCUT2D eigenvalue weighted by molar-refractivity contribution is -0.137. The van der Waals surface area contributed by atoms with Crippen LogP contribution in [0.1, 0.15) is 25.0 Å². The normalized spacial score (nSPS) is 13.1. The Morgan fingerprint density at radius 1 is 1.13 bits per heavy atom. The van der Waals surface area contributed by atoms with Gasteiger partial charge in [0.1, 0.15) is 11.3 Å². The predicted octanol–water partition coefficient (Wildman–Crippen LogP) is 1.56. The number of nitrogens with one attached hydrogen (secondary N) is 4. The molecule has 45 heavy (non-hydrogen) atoms. The molecular weight excluding hydrogens is 599 g/mol. The highest BCUT2D eigenvalue weighted by Crippen LogP contribution is 2.37. The van der Waals surface area contributed by atoms with E-state index >= 15 is 0 Å². The average Bonchev–Trinajstić information content (AvgIpc) is 3.42. The van der Waals surface area contributed by atoms with Crippen LogP contribution in [-0.4, -0.2) is 90.0 Å². The van der Waals surface area contributed by atoms with Crippen LogP contribution < -0.4 is 26.2 Å². The van der Waals surface area contributed by atoms with Gasteiger partial charge >= 0.3 is 12.3 Å². The summed E-state index contributed by atoms with van der Waals surface area (Å²) in [6, 6.07) is 2.55. The molecule has 0 bridgehead atoms. The predicted molar refractivity (Wildman–Crippen MR) is 156 cm³/mol. The van der Waals surface area contributed by atoms with Crippen molar-refractivity contribution in [3.8, 4) is 23.2 Å². The molecule has 0 saturated carbocycles. The topological polar surface area (TPSA) is 164 Å². The first-order chi connectivity index (χ1) is 21.6. The fourth-order valence-electron chi connectivity index (χ4n) is 4.37. The number of hydrogen-bond acceptors (Lipinski definition) is 10. The van der Waals surface area contributed by atoms with Crippen molar-refractivity contribution in [3.63, 3.8) is 0 Å². The monoisotopic (exact) mass is 631 g/mol. The molecule has 3 aromatic rings. The van der Waals surface area contributed by atoms with Crippen LogP contribution in [0.5, 0.6) is 0 Å². The highest BCUT2D eigenvalue weighted by molar-refractivity contribution is 5.95. The summed E-state index contributed by atoms with van der Waals surface area (Å²) < 4.78 is 54.3. The third-order valence-electron chi connectivity index (χ3n) is 6.37. The maximum absolute atomic E-state index is 14.2. The summed E-state index contributed by atoms with van der Waals surface area (Å²) >= 11 is 0. The summed E-state index contributed by atoms with van der Waals surface area (Å²) in [7, 11) is 0. The van der Waals surface area contributed by atoms with Crippen molar-refractivity contribution in [2.24, 2.45) is 0 Å². The van der Waals surface area contributed by atoms with Crippen molar-refractivity contribution >= 4 is 35.1 Å². The largest absolute Gasteiger partial charge is 0.450 e. The molecule has 4 rings (SSSR count). The van der Waals surface area contributed by atoms with Crippen LogP contribution in [0, 0.1) is 11.8 Å². The molecule has 4 heterocycles. The summed E-state index contributed by atoms with van der Waals surface area (Å²) in [4.78, 5) is 45.4. The number of hydrogen-bond donors (Lipinski definition) is 4. The lowest BCUT2D eigenvalue weighted by atomic mass is 10.1. The van der Waals surface area contributed by atoms with Crippen LogP contribution in [0.3, 0.4) is 0 Å². The van der Waals surface area contributed by atoms with Crippen molar-refractivity contribution < 1.29 is 37.0 Å². The van der Waals surface area contributed by atoms with E-state index in [0.29, 0.717) is 63.3 Å². The number of carbonyl (C=O) groups is 3. The number of pyridine rings is 1. The minimum atomic E-state index is -4.81. The average molecular weight is 632 g/mol. The van der Waals surface area contributed by atoms with Gasteiger partial charge in [0.2, 0.25) is 5.91 Å². The molecule has 0 atom stereocenters. The molecule has 4 N–H and O–H groups in total. The Balaban J connectivity index is 1.54. The van der Waals surface area contributed by atoms with Gasteiger partial charge in [0, 0.05) is 45.1 Å². The summed E-state index contributed by atoms with van der Waals surface area (Å²) in [5, 5.41) is 14.8. The molecule has 1 saturated heterocycles. The number of carbonyl (C=O) groups excluding carboxylic acids is 3. The molecule has 3 amide bonds. The number of rotatable bonds is 11. The molecular formula is C28H32F3N9O5. The van der Waals surface area contributed by atoms with Gasteiger partial charge in [-0.3, -0.25) is 14.9 Å². The number of amides is 3. The third-order valence-corrected chi connectivity index (χ3v) is 6.37. The SMILES string of the molecule is CC#CC(=O)NCC(=O)NCCNCc1cc2c(N3CCOCC3)nc(-c3cnc(NC(=O)OCC)cc3C(F)(F)F)nn2c1. The van der Waals surface area contributed by atoms with Gasteiger partial charge in [0.05, 0.1) is 37.5 Å². The zero-order valence-corrected chi connectivity index (χ0v) is 24.6. The standard InChI is InChI=1S/C28H32F3N9O5/c1-3-5-23(41)35-16-24(42)33-7-6-32-14-18-12-21-26(39-8-10-44-11-9-39)37-25(38-40(21)17-18)19-15-34-22(36-27(43)45-4-2)13-20(19)28(29,30)31/h12-13,15,17,32H,4,6-11,14,16H2,1-2H3,(H,33,42)(H,35,41)(H,34,36,43). The van der Waals surface area contributed by atoms with Crippen LogP contribution >= 0.6 is 0 Å². The highest BCUT2D eigenvalue weighted by Gasteiger charge is 2.36. The number of alkyl halides is 3. The first kappa shape index (κ1) is 33.0. The summed E-state index contributed by atoms with van der Waals surface area (Å²) in [5.41, 5.74) is -0.0875. The molecule has 1 aliphatic rings. The first-order valence-corrected chi connectivity index (χ1v) is 14.0. The first-order valence-electron chi connectivity index (χ1n) is 14.0. The van der Waals surface area contributed by atoms with E-state index in [1.807, 2.05) is 11.0 Å². The Morgan fingerprint density at radius 3 is 2.62 bits per heavy atom. The minimum Gasteiger partial charge on any atom is -0.450 e. The summed E-state index contributed by atoms with van der Waals surface area (Å²) in [6.45, 7) is 5.78. The van der Waals surface area contributed by atoms with Crippen LogP contribution in [0.25, 0.3) is 16.9 Å². The fourth-order valence-corrected chi connectivity index (χ4v) is 4.37. The van der Waals surface area contributed by atoms with Crippen molar-refractivity contribution in [3.05, 3.63) is 35.7 Å². The molecule has 1 aliphatic heterocycles. The molecule has 0 radical (unpaired) electrons. The zero-order valence-electron chi connectivity index (χ0n) is 24.6. The van der Waals surface area contributed by atoms with E-state index in [0.717, 1.165) is 11.8 Å². The molecule has 0 aromatic carbocycles. The Kier molecular flexibility index (Phi) is 11.1. The van der Waals surface area contributed by atoms with Crippen LogP contribution in [-0.2, 0) is 31.8 Å². The van der Waals surface area contributed by atoms with E-state index in [1.54, 1.807) is 13.1 Å². The second-order valence-electron chi connectivity index (χ2n) is 9.58. The highest BCUT2D eigenvalue weighted by atomic mass is 19.4. The van der Waals surface area contributed by atoms with Gasteiger partial charge < -0.3 is 30.3 Å².